The van der Waals surface area contributed by atoms with Gasteiger partial charge in [0.25, 0.3) is 0 Å². The topological polar surface area (TPSA) is 26.0 Å². The number of halogens is 4. The molecule has 0 aliphatic heterocycles. The van der Waals surface area contributed by atoms with Gasteiger partial charge in [-0.3, -0.25) is 0 Å². The molecule has 18 heavy (non-hydrogen) atoms. The maximum atomic E-state index is 13.5. The fourth-order valence-electron chi connectivity index (χ4n) is 1.68. The first-order chi connectivity index (χ1) is 8.50. The van der Waals surface area contributed by atoms with Gasteiger partial charge >= 0.3 is 0 Å². The SMILES string of the molecule is NC(c1ccc(Cl)c(F)c1)c1c(F)cccc1F. The summed E-state index contributed by atoms with van der Waals surface area (Å²) in [6.07, 6.45) is 0. The van der Waals surface area contributed by atoms with Gasteiger partial charge in [0, 0.05) is 5.56 Å². The van der Waals surface area contributed by atoms with Gasteiger partial charge in [-0.2, -0.15) is 0 Å². The minimum absolute atomic E-state index is 0.0695. The summed E-state index contributed by atoms with van der Waals surface area (Å²) in [5.41, 5.74) is 5.71. The lowest BCUT2D eigenvalue weighted by molar-refractivity contribution is 0.542. The van der Waals surface area contributed by atoms with E-state index in [0.29, 0.717) is 0 Å². The molecule has 5 heteroatoms. The molecule has 2 rings (SSSR count). The van der Waals surface area contributed by atoms with Gasteiger partial charge in [0.2, 0.25) is 0 Å². The third-order valence-electron chi connectivity index (χ3n) is 2.61. The fourth-order valence-corrected chi connectivity index (χ4v) is 1.80. The van der Waals surface area contributed by atoms with Crippen LogP contribution in [0.2, 0.25) is 5.02 Å². The zero-order chi connectivity index (χ0) is 13.3. The Morgan fingerprint density at radius 2 is 1.56 bits per heavy atom. The Balaban J connectivity index is 2.48. The van der Waals surface area contributed by atoms with Crippen molar-refractivity contribution in [1.82, 2.24) is 0 Å². The first kappa shape index (κ1) is 12.9. The smallest absolute Gasteiger partial charge is 0.142 e. The lowest BCUT2D eigenvalue weighted by atomic mass is 9.98. The average Bonchev–Trinajstić information content (AvgIpc) is 2.32. The summed E-state index contributed by atoms with van der Waals surface area (Å²) in [6, 6.07) is 6.15. The van der Waals surface area contributed by atoms with Crippen LogP contribution in [0.4, 0.5) is 13.2 Å². The van der Waals surface area contributed by atoms with Crippen LogP contribution in [0, 0.1) is 17.5 Å². The normalized spacial score (nSPS) is 12.5. The second-order valence-electron chi connectivity index (χ2n) is 3.79. The zero-order valence-electron chi connectivity index (χ0n) is 9.13. The predicted octanol–water partition coefficient (Wildman–Crippen LogP) is 3.81. The number of rotatable bonds is 2. The van der Waals surface area contributed by atoms with E-state index in [9.17, 15) is 13.2 Å². The first-order valence-electron chi connectivity index (χ1n) is 5.15. The van der Waals surface area contributed by atoms with E-state index >= 15 is 0 Å². The Kier molecular flexibility index (Phi) is 3.59. The van der Waals surface area contributed by atoms with Crippen LogP contribution < -0.4 is 5.73 Å². The second-order valence-corrected chi connectivity index (χ2v) is 4.19. The molecule has 1 nitrogen and oxygen atoms in total. The molecule has 0 aromatic heterocycles. The molecule has 0 aliphatic carbocycles. The number of nitrogens with two attached hydrogens (primary N) is 1. The van der Waals surface area contributed by atoms with Crippen molar-refractivity contribution in [3.63, 3.8) is 0 Å². The summed E-state index contributed by atoms with van der Waals surface area (Å²) in [5, 5.41) is -0.0695. The minimum Gasteiger partial charge on any atom is -0.320 e. The Hall–Kier alpha value is -1.52. The zero-order valence-corrected chi connectivity index (χ0v) is 9.89. The number of hydrogen-bond donors (Lipinski definition) is 1. The van der Waals surface area contributed by atoms with Crippen molar-refractivity contribution in [3.8, 4) is 0 Å². The van der Waals surface area contributed by atoms with Gasteiger partial charge in [-0.15, -0.1) is 0 Å². The molecule has 1 atom stereocenters. The van der Waals surface area contributed by atoms with Crippen LogP contribution in [0.25, 0.3) is 0 Å². The summed E-state index contributed by atoms with van der Waals surface area (Å²) in [4.78, 5) is 0. The molecule has 94 valence electrons. The lowest BCUT2D eigenvalue weighted by Gasteiger charge is -2.14. The highest BCUT2D eigenvalue weighted by Gasteiger charge is 2.19. The van der Waals surface area contributed by atoms with Gasteiger partial charge in [-0.25, -0.2) is 13.2 Å². The molecule has 0 saturated carbocycles. The molecule has 0 spiro atoms. The molecule has 0 heterocycles. The highest BCUT2D eigenvalue weighted by Crippen LogP contribution is 2.27. The molecule has 1 unspecified atom stereocenters. The van der Waals surface area contributed by atoms with Crippen molar-refractivity contribution < 1.29 is 13.2 Å². The molecule has 0 fully saturated rings. The van der Waals surface area contributed by atoms with Crippen LogP contribution in [0.1, 0.15) is 17.2 Å². The largest absolute Gasteiger partial charge is 0.320 e. The highest BCUT2D eigenvalue weighted by atomic mass is 35.5. The maximum Gasteiger partial charge on any atom is 0.142 e. The Morgan fingerprint density at radius 1 is 0.944 bits per heavy atom. The summed E-state index contributed by atoms with van der Waals surface area (Å²) >= 11 is 5.53. The van der Waals surface area contributed by atoms with E-state index in [0.717, 1.165) is 18.2 Å². The third kappa shape index (κ3) is 2.35. The van der Waals surface area contributed by atoms with Crippen molar-refractivity contribution in [2.45, 2.75) is 6.04 Å². The second kappa shape index (κ2) is 5.00. The van der Waals surface area contributed by atoms with Crippen molar-refractivity contribution in [3.05, 3.63) is 70.0 Å². The highest BCUT2D eigenvalue weighted by molar-refractivity contribution is 6.30. The van der Waals surface area contributed by atoms with Crippen LogP contribution >= 0.6 is 11.6 Å². The van der Waals surface area contributed by atoms with Crippen molar-refractivity contribution >= 4 is 11.6 Å². The quantitative estimate of drug-likeness (QED) is 0.883. The summed E-state index contributed by atoms with van der Waals surface area (Å²) in [6.45, 7) is 0. The van der Waals surface area contributed by atoms with Gasteiger partial charge < -0.3 is 5.73 Å². The van der Waals surface area contributed by atoms with E-state index in [2.05, 4.69) is 0 Å². The lowest BCUT2D eigenvalue weighted by Crippen LogP contribution is -2.15. The molecule has 0 bridgehead atoms. The van der Waals surface area contributed by atoms with E-state index in [-0.39, 0.29) is 16.1 Å². The minimum atomic E-state index is -1.09. The van der Waals surface area contributed by atoms with Crippen molar-refractivity contribution in [2.24, 2.45) is 5.73 Å². The maximum absolute atomic E-state index is 13.5. The van der Waals surface area contributed by atoms with Crippen LogP contribution in [-0.2, 0) is 0 Å². The molecule has 2 N–H and O–H groups in total. The number of benzene rings is 2. The Morgan fingerprint density at radius 3 is 2.11 bits per heavy atom. The van der Waals surface area contributed by atoms with Crippen molar-refractivity contribution in [1.29, 1.82) is 0 Å². The van der Waals surface area contributed by atoms with Gasteiger partial charge in [0.1, 0.15) is 17.5 Å². The predicted molar refractivity (Wildman–Crippen MR) is 63.8 cm³/mol. The summed E-state index contributed by atoms with van der Waals surface area (Å²) in [5.74, 6) is -2.21. The van der Waals surface area contributed by atoms with E-state index in [1.54, 1.807) is 0 Å². The van der Waals surface area contributed by atoms with Gasteiger partial charge in [-0.05, 0) is 29.8 Å². The van der Waals surface area contributed by atoms with Gasteiger partial charge in [-0.1, -0.05) is 23.7 Å². The average molecular weight is 272 g/mol. The van der Waals surface area contributed by atoms with Crippen LogP contribution in [-0.4, -0.2) is 0 Å². The molecule has 0 aliphatic rings. The van der Waals surface area contributed by atoms with E-state index < -0.39 is 23.5 Å². The molecular weight excluding hydrogens is 263 g/mol. The van der Waals surface area contributed by atoms with Crippen LogP contribution in [0.3, 0.4) is 0 Å². The monoisotopic (exact) mass is 271 g/mol. The number of hydrogen-bond acceptors (Lipinski definition) is 1. The third-order valence-corrected chi connectivity index (χ3v) is 2.92. The molecular formula is C13H9ClF3N. The van der Waals surface area contributed by atoms with Crippen LogP contribution in [0.5, 0.6) is 0 Å². The van der Waals surface area contributed by atoms with E-state index in [1.807, 2.05) is 0 Å². The molecule has 0 saturated heterocycles. The van der Waals surface area contributed by atoms with Gasteiger partial charge in [0.05, 0.1) is 11.1 Å². The molecule has 0 amide bonds. The van der Waals surface area contributed by atoms with E-state index in [1.165, 1.54) is 18.2 Å². The Labute approximate surface area is 107 Å². The fraction of sp³-hybridized carbons (Fsp3) is 0.0769. The van der Waals surface area contributed by atoms with Gasteiger partial charge in [0.15, 0.2) is 0 Å². The van der Waals surface area contributed by atoms with Crippen LogP contribution in [0.15, 0.2) is 36.4 Å². The molecule has 2 aromatic carbocycles. The van der Waals surface area contributed by atoms with Crippen molar-refractivity contribution in [2.75, 3.05) is 0 Å². The molecule has 0 radical (unpaired) electrons. The summed E-state index contributed by atoms with van der Waals surface area (Å²) in [7, 11) is 0. The van der Waals surface area contributed by atoms with E-state index in [4.69, 9.17) is 17.3 Å². The Bertz CT molecular complexity index is 566. The molecule has 2 aromatic rings. The first-order valence-corrected chi connectivity index (χ1v) is 5.53. The standard InChI is InChI=1S/C13H9ClF3N/c14-8-5-4-7(6-11(8)17)13(18)12-9(15)2-1-3-10(12)16/h1-6,13H,18H2. The summed E-state index contributed by atoms with van der Waals surface area (Å²) < 4.78 is 40.3.